The standard InChI is InChI=1S/C31H27F3N4O3/c32-31(33,34)22-9-4-8-20(14-22)26(39)28(41)38-13-5-10-25-24(18-38)27(40)37-29(36-25)30(11-12-30)23-15-21(16-35-17-23)19-6-2-1-3-7-19/h1-4,6-9,14-17,26,39H,5,10-13,18H2,(H,36,37,40). The zero-order valence-corrected chi connectivity index (χ0v) is 22.0. The number of hydrogen-bond donors (Lipinski definition) is 2. The number of pyridine rings is 1. The third-order valence-corrected chi connectivity index (χ3v) is 7.97. The maximum Gasteiger partial charge on any atom is 0.416 e. The molecule has 1 amide bonds. The van der Waals surface area contributed by atoms with E-state index in [4.69, 9.17) is 4.98 Å². The van der Waals surface area contributed by atoms with E-state index in [1.165, 1.54) is 11.0 Å². The second kappa shape index (κ2) is 10.3. The van der Waals surface area contributed by atoms with Gasteiger partial charge in [-0.3, -0.25) is 14.6 Å². The number of nitrogens with one attached hydrogen (secondary N) is 1. The first kappa shape index (κ1) is 26.9. The number of benzene rings is 2. The largest absolute Gasteiger partial charge is 0.416 e. The van der Waals surface area contributed by atoms with Gasteiger partial charge in [0.25, 0.3) is 11.5 Å². The molecule has 41 heavy (non-hydrogen) atoms. The molecule has 0 spiro atoms. The van der Waals surface area contributed by atoms with Crippen LogP contribution in [0.15, 0.2) is 77.9 Å². The summed E-state index contributed by atoms with van der Waals surface area (Å²) in [6.07, 6.45) is -0.220. The lowest BCUT2D eigenvalue weighted by molar-refractivity contribution is -0.142. The number of nitrogens with zero attached hydrogens (tertiary/aromatic N) is 3. The highest BCUT2D eigenvalue weighted by molar-refractivity contribution is 5.82. The van der Waals surface area contributed by atoms with Crippen molar-refractivity contribution in [2.45, 2.75) is 49.9 Å². The van der Waals surface area contributed by atoms with Crippen LogP contribution < -0.4 is 5.56 Å². The number of aromatic nitrogens is 3. The molecular formula is C31H27F3N4O3. The quantitative estimate of drug-likeness (QED) is 0.360. The first-order chi connectivity index (χ1) is 19.7. The molecule has 6 rings (SSSR count). The van der Waals surface area contributed by atoms with Crippen LogP contribution in [0.1, 0.15) is 59.1 Å². The lowest BCUT2D eigenvalue weighted by Crippen LogP contribution is -2.36. The monoisotopic (exact) mass is 560 g/mol. The molecular weight excluding hydrogens is 533 g/mol. The summed E-state index contributed by atoms with van der Waals surface area (Å²) < 4.78 is 39.5. The number of H-pyrrole nitrogens is 1. The summed E-state index contributed by atoms with van der Waals surface area (Å²) >= 11 is 0. The highest BCUT2D eigenvalue weighted by Gasteiger charge is 2.49. The number of rotatable bonds is 5. The number of aryl methyl sites for hydroxylation is 1. The van der Waals surface area contributed by atoms with E-state index in [0.29, 0.717) is 29.9 Å². The number of alkyl halides is 3. The molecule has 1 unspecified atom stereocenters. The van der Waals surface area contributed by atoms with Gasteiger partial charge in [-0.05, 0) is 60.6 Å². The number of halogens is 3. The second-order valence-corrected chi connectivity index (χ2v) is 10.6. The molecule has 7 nitrogen and oxygen atoms in total. The molecule has 3 heterocycles. The van der Waals surface area contributed by atoms with Gasteiger partial charge in [-0.2, -0.15) is 13.2 Å². The van der Waals surface area contributed by atoms with Gasteiger partial charge in [0.05, 0.1) is 28.8 Å². The van der Waals surface area contributed by atoms with Crippen molar-refractivity contribution in [3.05, 3.63) is 117 Å². The molecule has 10 heteroatoms. The molecule has 0 bridgehead atoms. The molecule has 1 fully saturated rings. The molecule has 4 aromatic rings. The summed E-state index contributed by atoms with van der Waals surface area (Å²) in [5, 5.41) is 10.7. The molecule has 1 saturated carbocycles. The van der Waals surface area contributed by atoms with Crippen molar-refractivity contribution in [2.24, 2.45) is 0 Å². The SMILES string of the molecule is O=C(C(O)c1cccc(C(F)(F)F)c1)N1CCCc2nc(C3(c4cncc(-c5ccccc5)c4)CC3)[nH]c(=O)c2C1. The lowest BCUT2D eigenvalue weighted by atomic mass is 9.93. The van der Waals surface area contributed by atoms with Crippen LogP contribution in [0.3, 0.4) is 0 Å². The molecule has 1 atom stereocenters. The molecule has 2 aromatic carbocycles. The van der Waals surface area contributed by atoms with E-state index in [1.54, 1.807) is 6.20 Å². The number of aliphatic hydroxyl groups excluding tert-OH is 1. The Bertz CT molecular complexity index is 1670. The molecule has 0 radical (unpaired) electrons. The summed E-state index contributed by atoms with van der Waals surface area (Å²) in [5.41, 5.74) is 1.97. The fraction of sp³-hybridized carbons (Fsp3) is 0.290. The lowest BCUT2D eigenvalue weighted by Gasteiger charge is -2.24. The summed E-state index contributed by atoms with van der Waals surface area (Å²) in [6.45, 7) is 0.138. The normalized spacial score (nSPS) is 16.9. The number of amides is 1. The highest BCUT2D eigenvalue weighted by atomic mass is 19.4. The van der Waals surface area contributed by atoms with Gasteiger partial charge < -0.3 is 15.0 Å². The Kier molecular flexibility index (Phi) is 6.73. The number of aromatic amines is 1. The van der Waals surface area contributed by atoms with Crippen LogP contribution in [-0.2, 0) is 29.4 Å². The van der Waals surface area contributed by atoms with Crippen LogP contribution in [0.5, 0.6) is 0 Å². The fourth-order valence-corrected chi connectivity index (χ4v) is 5.51. The van der Waals surface area contributed by atoms with Crippen LogP contribution in [0, 0.1) is 0 Å². The number of carbonyl (C=O) groups excluding carboxylic acids is 1. The second-order valence-electron chi connectivity index (χ2n) is 10.6. The summed E-state index contributed by atoms with van der Waals surface area (Å²) in [5.74, 6) is -0.194. The zero-order valence-electron chi connectivity index (χ0n) is 22.0. The van der Waals surface area contributed by atoms with Gasteiger partial charge in [-0.1, -0.05) is 42.5 Å². The zero-order chi connectivity index (χ0) is 28.8. The van der Waals surface area contributed by atoms with Crippen molar-refractivity contribution in [1.82, 2.24) is 19.9 Å². The molecule has 210 valence electrons. The Labute approximate surface area is 233 Å². The Morgan fingerprint density at radius 3 is 2.54 bits per heavy atom. The smallest absolute Gasteiger partial charge is 0.378 e. The topological polar surface area (TPSA) is 99.2 Å². The van der Waals surface area contributed by atoms with Crippen LogP contribution in [0.2, 0.25) is 0 Å². The molecule has 2 aromatic heterocycles. The van der Waals surface area contributed by atoms with Crippen LogP contribution in [0.25, 0.3) is 11.1 Å². The minimum absolute atomic E-state index is 0.0924. The van der Waals surface area contributed by atoms with Gasteiger partial charge in [0, 0.05) is 24.5 Å². The minimum atomic E-state index is -4.60. The number of aliphatic hydroxyl groups is 1. The first-order valence-electron chi connectivity index (χ1n) is 13.4. The predicted octanol–water partition coefficient (Wildman–Crippen LogP) is 4.94. The van der Waals surface area contributed by atoms with Crippen molar-refractivity contribution < 1.29 is 23.1 Å². The average Bonchev–Trinajstić information content (AvgIpc) is 3.81. The Balaban J connectivity index is 1.26. The molecule has 1 aliphatic heterocycles. The fourth-order valence-electron chi connectivity index (χ4n) is 5.51. The summed E-state index contributed by atoms with van der Waals surface area (Å²) in [4.78, 5) is 40.1. The van der Waals surface area contributed by atoms with Crippen LogP contribution >= 0.6 is 0 Å². The van der Waals surface area contributed by atoms with E-state index in [0.717, 1.165) is 47.7 Å². The van der Waals surface area contributed by atoms with Crippen molar-refractivity contribution in [1.29, 1.82) is 0 Å². The van der Waals surface area contributed by atoms with Crippen molar-refractivity contribution in [3.8, 4) is 11.1 Å². The molecule has 2 aliphatic rings. The van der Waals surface area contributed by atoms with Gasteiger partial charge in [0.15, 0.2) is 6.10 Å². The van der Waals surface area contributed by atoms with E-state index in [-0.39, 0.29) is 24.2 Å². The van der Waals surface area contributed by atoms with Crippen molar-refractivity contribution in [2.75, 3.05) is 6.54 Å². The van der Waals surface area contributed by atoms with Gasteiger partial charge in [0.2, 0.25) is 0 Å². The Hall–Kier alpha value is -4.31. The van der Waals surface area contributed by atoms with E-state index >= 15 is 0 Å². The number of carbonyl (C=O) groups is 1. The summed E-state index contributed by atoms with van der Waals surface area (Å²) in [7, 11) is 0. The van der Waals surface area contributed by atoms with Gasteiger partial charge >= 0.3 is 6.18 Å². The van der Waals surface area contributed by atoms with Gasteiger partial charge in [0.1, 0.15) is 5.82 Å². The first-order valence-corrected chi connectivity index (χ1v) is 13.4. The average molecular weight is 561 g/mol. The maximum atomic E-state index is 13.4. The number of hydrogen-bond acceptors (Lipinski definition) is 5. The van der Waals surface area contributed by atoms with Crippen molar-refractivity contribution in [3.63, 3.8) is 0 Å². The van der Waals surface area contributed by atoms with Crippen LogP contribution in [-0.4, -0.2) is 37.4 Å². The van der Waals surface area contributed by atoms with E-state index in [1.807, 2.05) is 36.5 Å². The third-order valence-electron chi connectivity index (χ3n) is 7.97. The Morgan fingerprint density at radius 1 is 1.02 bits per heavy atom. The van der Waals surface area contributed by atoms with E-state index < -0.39 is 29.2 Å². The number of fused-ring (bicyclic) bond motifs is 1. The summed E-state index contributed by atoms with van der Waals surface area (Å²) in [6, 6.07) is 16.1. The predicted molar refractivity (Wildman–Crippen MR) is 145 cm³/mol. The molecule has 1 aliphatic carbocycles. The molecule has 0 saturated heterocycles. The van der Waals surface area contributed by atoms with E-state index in [9.17, 15) is 27.9 Å². The minimum Gasteiger partial charge on any atom is -0.378 e. The van der Waals surface area contributed by atoms with Crippen molar-refractivity contribution >= 4 is 5.91 Å². The maximum absolute atomic E-state index is 13.4. The van der Waals surface area contributed by atoms with E-state index in [2.05, 4.69) is 16.0 Å². The Morgan fingerprint density at radius 2 is 1.80 bits per heavy atom. The van der Waals surface area contributed by atoms with Gasteiger partial charge in [-0.15, -0.1) is 0 Å². The van der Waals surface area contributed by atoms with Crippen LogP contribution in [0.4, 0.5) is 13.2 Å². The highest BCUT2D eigenvalue weighted by Crippen LogP contribution is 2.52. The third kappa shape index (κ3) is 5.15. The van der Waals surface area contributed by atoms with Gasteiger partial charge in [-0.25, -0.2) is 4.98 Å². The molecule has 2 N–H and O–H groups in total.